The predicted molar refractivity (Wildman–Crippen MR) is 108 cm³/mol. The van der Waals surface area contributed by atoms with Gasteiger partial charge in [-0.3, -0.25) is 0 Å². The van der Waals surface area contributed by atoms with Crippen LogP contribution in [0, 0.1) is 40.4 Å². The van der Waals surface area contributed by atoms with Gasteiger partial charge in [0, 0.05) is 6.61 Å². The first-order chi connectivity index (χ1) is 12.7. The third-order valence-corrected chi connectivity index (χ3v) is 8.01. The first-order valence-electron chi connectivity index (χ1n) is 11.7. The second kappa shape index (κ2) is 9.59. The lowest BCUT2D eigenvalue weighted by molar-refractivity contribution is -0.0594. The molecule has 3 aliphatic carbocycles. The van der Waals surface area contributed by atoms with E-state index in [9.17, 15) is 5.26 Å². The van der Waals surface area contributed by atoms with Gasteiger partial charge in [0.2, 0.25) is 0 Å². The Balaban J connectivity index is 1.53. The molecule has 6 atom stereocenters. The maximum Gasteiger partial charge on any atom is 0.0689 e. The molecule has 0 N–H and O–H groups in total. The molecule has 2 nitrogen and oxygen atoms in total. The lowest BCUT2D eigenvalue weighted by atomic mass is 9.53. The van der Waals surface area contributed by atoms with Crippen LogP contribution in [-0.4, -0.2) is 12.7 Å². The van der Waals surface area contributed by atoms with Crippen LogP contribution in [-0.2, 0) is 4.74 Å². The second-order valence-corrected chi connectivity index (χ2v) is 9.68. The summed E-state index contributed by atoms with van der Waals surface area (Å²) in [6.45, 7) is 5.47. The summed E-state index contributed by atoms with van der Waals surface area (Å²) in [5.41, 5.74) is 0.0175. The molecular weight excluding hydrogens is 318 g/mol. The van der Waals surface area contributed by atoms with Gasteiger partial charge in [0.1, 0.15) is 0 Å². The van der Waals surface area contributed by atoms with Crippen molar-refractivity contribution in [3.8, 4) is 6.07 Å². The molecular formula is C24H41NO. The number of nitriles is 1. The minimum atomic E-state index is 0.0175. The molecule has 0 aromatic heterocycles. The highest BCUT2D eigenvalue weighted by Gasteiger charge is 2.48. The van der Waals surface area contributed by atoms with E-state index in [-0.39, 0.29) is 5.41 Å². The first kappa shape index (κ1) is 20.2. The van der Waals surface area contributed by atoms with Crippen molar-refractivity contribution in [2.45, 2.75) is 110 Å². The Labute approximate surface area is 162 Å². The molecule has 0 aromatic rings. The Morgan fingerprint density at radius 2 is 1.69 bits per heavy atom. The molecule has 0 aromatic carbocycles. The van der Waals surface area contributed by atoms with E-state index in [0.717, 1.165) is 36.7 Å². The van der Waals surface area contributed by atoms with E-state index < -0.39 is 0 Å². The van der Waals surface area contributed by atoms with E-state index in [1.165, 1.54) is 83.5 Å². The van der Waals surface area contributed by atoms with Crippen LogP contribution in [0.1, 0.15) is 104 Å². The highest BCUT2D eigenvalue weighted by Crippen LogP contribution is 2.56. The van der Waals surface area contributed by atoms with Crippen molar-refractivity contribution in [1.82, 2.24) is 0 Å². The lowest BCUT2D eigenvalue weighted by Gasteiger charge is -2.52. The fraction of sp³-hybridized carbons (Fsp3) is 0.958. The van der Waals surface area contributed by atoms with E-state index in [4.69, 9.17) is 4.74 Å². The van der Waals surface area contributed by atoms with Crippen molar-refractivity contribution >= 4 is 0 Å². The summed E-state index contributed by atoms with van der Waals surface area (Å²) in [6.07, 6.45) is 18.4. The standard InChI is InChI=1S/C24H41NO/c1-3-5-7-13-24(18-25)14-12-23-20(17-24)9-8-19-16-21(10-11-22(19)23)26-15-6-4-2/h19-23H,3-17H2,1-2H3. The van der Waals surface area contributed by atoms with Gasteiger partial charge in [-0.05, 0) is 87.9 Å². The van der Waals surface area contributed by atoms with Gasteiger partial charge in [-0.15, -0.1) is 0 Å². The van der Waals surface area contributed by atoms with Crippen LogP contribution in [0.4, 0.5) is 0 Å². The Kier molecular flexibility index (Phi) is 7.44. The molecule has 0 spiro atoms. The number of fused-ring (bicyclic) bond motifs is 3. The largest absolute Gasteiger partial charge is 0.378 e. The van der Waals surface area contributed by atoms with Crippen molar-refractivity contribution in [2.75, 3.05) is 6.61 Å². The molecule has 2 heteroatoms. The monoisotopic (exact) mass is 359 g/mol. The summed E-state index contributed by atoms with van der Waals surface area (Å²) in [5, 5.41) is 9.93. The Morgan fingerprint density at radius 3 is 2.46 bits per heavy atom. The van der Waals surface area contributed by atoms with Gasteiger partial charge in [0.05, 0.1) is 17.6 Å². The van der Waals surface area contributed by atoms with E-state index in [1.54, 1.807) is 0 Å². The fourth-order valence-electron chi connectivity index (χ4n) is 6.53. The minimum Gasteiger partial charge on any atom is -0.378 e. The predicted octanol–water partition coefficient (Wildman–Crippen LogP) is 6.89. The molecule has 148 valence electrons. The maximum atomic E-state index is 9.93. The smallest absolute Gasteiger partial charge is 0.0689 e. The van der Waals surface area contributed by atoms with E-state index >= 15 is 0 Å². The van der Waals surface area contributed by atoms with Gasteiger partial charge in [-0.25, -0.2) is 0 Å². The molecule has 0 radical (unpaired) electrons. The van der Waals surface area contributed by atoms with Crippen LogP contribution in [0.5, 0.6) is 0 Å². The second-order valence-electron chi connectivity index (χ2n) is 9.68. The van der Waals surface area contributed by atoms with Crippen molar-refractivity contribution in [2.24, 2.45) is 29.1 Å². The molecule has 3 rings (SSSR count). The summed E-state index contributed by atoms with van der Waals surface area (Å²) in [5.74, 6) is 3.60. The van der Waals surface area contributed by atoms with Crippen molar-refractivity contribution in [3.63, 3.8) is 0 Å². The topological polar surface area (TPSA) is 33.0 Å². The number of rotatable bonds is 8. The Bertz CT molecular complexity index is 469. The van der Waals surface area contributed by atoms with Crippen LogP contribution in [0.25, 0.3) is 0 Å². The van der Waals surface area contributed by atoms with E-state index in [2.05, 4.69) is 19.9 Å². The number of hydrogen-bond donors (Lipinski definition) is 0. The van der Waals surface area contributed by atoms with Crippen LogP contribution < -0.4 is 0 Å². The third kappa shape index (κ3) is 4.64. The summed E-state index contributed by atoms with van der Waals surface area (Å²) >= 11 is 0. The zero-order chi connectivity index (χ0) is 18.4. The van der Waals surface area contributed by atoms with E-state index in [0.29, 0.717) is 6.10 Å². The van der Waals surface area contributed by atoms with Crippen LogP contribution >= 0.6 is 0 Å². The first-order valence-corrected chi connectivity index (χ1v) is 11.7. The zero-order valence-corrected chi connectivity index (χ0v) is 17.3. The molecule has 0 aliphatic heterocycles. The Hall–Kier alpha value is -0.550. The molecule has 3 aliphatic rings. The van der Waals surface area contributed by atoms with Gasteiger partial charge >= 0.3 is 0 Å². The van der Waals surface area contributed by atoms with Crippen LogP contribution in [0.2, 0.25) is 0 Å². The number of nitrogens with zero attached hydrogens (tertiary/aromatic N) is 1. The SMILES string of the molecule is CCCCCC1(C#N)CCC2C(CCC3CC(OCCCC)CCC32)C1. The average molecular weight is 360 g/mol. The quantitative estimate of drug-likeness (QED) is 0.442. The normalized spacial score (nSPS) is 39.7. The van der Waals surface area contributed by atoms with Gasteiger partial charge in [-0.1, -0.05) is 39.5 Å². The average Bonchev–Trinajstić information content (AvgIpc) is 2.68. The van der Waals surface area contributed by atoms with Gasteiger partial charge < -0.3 is 4.74 Å². The minimum absolute atomic E-state index is 0.0175. The molecule has 0 amide bonds. The number of hydrogen-bond acceptors (Lipinski definition) is 2. The number of unbranched alkanes of at least 4 members (excludes halogenated alkanes) is 3. The highest BCUT2D eigenvalue weighted by molar-refractivity contribution is 5.06. The van der Waals surface area contributed by atoms with Gasteiger partial charge in [-0.2, -0.15) is 5.26 Å². The summed E-state index contributed by atoms with van der Waals surface area (Å²) in [7, 11) is 0. The van der Waals surface area contributed by atoms with Crippen molar-refractivity contribution < 1.29 is 4.74 Å². The number of ether oxygens (including phenoxy) is 1. The maximum absolute atomic E-state index is 9.93. The molecule has 26 heavy (non-hydrogen) atoms. The highest BCUT2D eigenvalue weighted by atomic mass is 16.5. The Morgan fingerprint density at radius 1 is 0.923 bits per heavy atom. The van der Waals surface area contributed by atoms with Crippen molar-refractivity contribution in [1.29, 1.82) is 5.26 Å². The third-order valence-electron chi connectivity index (χ3n) is 8.01. The fourth-order valence-corrected chi connectivity index (χ4v) is 6.53. The molecule has 0 bridgehead atoms. The molecule has 3 saturated carbocycles. The molecule has 6 unspecified atom stereocenters. The van der Waals surface area contributed by atoms with Gasteiger partial charge in [0.25, 0.3) is 0 Å². The summed E-state index contributed by atoms with van der Waals surface area (Å²) in [4.78, 5) is 0. The molecule has 3 fully saturated rings. The summed E-state index contributed by atoms with van der Waals surface area (Å²) < 4.78 is 6.17. The zero-order valence-electron chi connectivity index (χ0n) is 17.3. The van der Waals surface area contributed by atoms with Crippen LogP contribution in [0.3, 0.4) is 0 Å². The lowest BCUT2D eigenvalue weighted by Crippen LogP contribution is -2.45. The molecule has 0 heterocycles. The van der Waals surface area contributed by atoms with E-state index in [1.807, 2.05) is 0 Å². The van der Waals surface area contributed by atoms with Crippen molar-refractivity contribution in [3.05, 3.63) is 0 Å². The van der Waals surface area contributed by atoms with Gasteiger partial charge in [0.15, 0.2) is 0 Å². The van der Waals surface area contributed by atoms with Crippen LogP contribution in [0.15, 0.2) is 0 Å². The molecule has 0 saturated heterocycles. The summed E-state index contributed by atoms with van der Waals surface area (Å²) in [6, 6.07) is 2.80.